The van der Waals surface area contributed by atoms with E-state index in [2.05, 4.69) is 40.3 Å². The number of aliphatic hydroxyl groups excluding tert-OH is 1. The summed E-state index contributed by atoms with van der Waals surface area (Å²) in [6.07, 6.45) is -1.06. The van der Waals surface area contributed by atoms with Gasteiger partial charge < -0.3 is 10.4 Å². The van der Waals surface area contributed by atoms with Gasteiger partial charge >= 0.3 is 0 Å². The molecule has 0 aromatic heterocycles. The highest BCUT2D eigenvalue weighted by atomic mass is 79.9. The normalized spacial score (nSPS) is 16.7. The first-order chi connectivity index (χ1) is 10.1. The molecule has 0 radical (unpaired) electrons. The molecule has 1 amide bonds. The third-order valence-electron chi connectivity index (χ3n) is 3.55. The van der Waals surface area contributed by atoms with Gasteiger partial charge in [0.05, 0.1) is 0 Å². The maximum absolute atomic E-state index is 11.5. The molecule has 1 aliphatic rings. The van der Waals surface area contributed by atoms with Crippen LogP contribution in [-0.4, -0.2) is 11.0 Å². The van der Waals surface area contributed by atoms with Crippen LogP contribution in [0, 0.1) is 6.92 Å². The van der Waals surface area contributed by atoms with Crippen LogP contribution in [0.1, 0.15) is 22.8 Å². The summed E-state index contributed by atoms with van der Waals surface area (Å²) < 4.78 is 0.899. The van der Waals surface area contributed by atoms with Crippen molar-refractivity contribution in [1.29, 1.82) is 0 Å². The van der Waals surface area contributed by atoms with E-state index in [1.54, 1.807) is 11.8 Å². The second kappa shape index (κ2) is 5.83. The fourth-order valence-electron chi connectivity index (χ4n) is 2.28. The number of hydrogen-bond donors (Lipinski definition) is 2. The number of benzene rings is 2. The lowest BCUT2D eigenvalue weighted by Gasteiger charge is -2.09. The number of rotatable bonds is 3. The number of hydrogen-bond acceptors (Lipinski definition) is 3. The minimum atomic E-state index is -1.06. The molecule has 2 aromatic rings. The third kappa shape index (κ3) is 2.86. The number of anilines is 1. The van der Waals surface area contributed by atoms with Crippen molar-refractivity contribution in [1.82, 2.24) is 0 Å². The van der Waals surface area contributed by atoms with E-state index >= 15 is 0 Å². The van der Waals surface area contributed by atoms with Crippen LogP contribution in [0.15, 0.2) is 45.8 Å². The predicted molar refractivity (Wildman–Crippen MR) is 88.5 cm³/mol. The van der Waals surface area contributed by atoms with E-state index < -0.39 is 6.10 Å². The zero-order valence-corrected chi connectivity index (χ0v) is 13.8. The molecule has 3 nitrogen and oxygen atoms in total. The SMILES string of the molecule is Cc1ccccc1CSc1cc2c(cc1Br)C(O)C(=O)N2. The summed E-state index contributed by atoms with van der Waals surface area (Å²) in [6.45, 7) is 2.10. The Kier molecular flexibility index (Phi) is 4.06. The minimum Gasteiger partial charge on any atom is -0.378 e. The first kappa shape index (κ1) is 14.6. The van der Waals surface area contributed by atoms with Gasteiger partial charge in [0.15, 0.2) is 6.10 Å². The van der Waals surface area contributed by atoms with Crippen LogP contribution in [0.4, 0.5) is 5.69 Å². The molecule has 2 aromatic carbocycles. The smallest absolute Gasteiger partial charge is 0.257 e. The molecule has 1 heterocycles. The summed E-state index contributed by atoms with van der Waals surface area (Å²) >= 11 is 5.22. The molecule has 1 atom stereocenters. The molecule has 108 valence electrons. The third-order valence-corrected chi connectivity index (χ3v) is 5.57. The van der Waals surface area contributed by atoms with Crippen LogP contribution in [0.2, 0.25) is 0 Å². The van der Waals surface area contributed by atoms with E-state index in [1.807, 2.05) is 24.3 Å². The lowest BCUT2D eigenvalue weighted by Crippen LogP contribution is -2.10. The quantitative estimate of drug-likeness (QED) is 0.809. The summed E-state index contributed by atoms with van der Waals surface area (Å²) in [6, 6.07) is 12.0. The average molecular weight is 364 g/mol. The fourth-order valence-corrected chi connectivity index (χ4v) is 4.02. The monoisotopic (exact) mass is 363 g/mol. The summed E-state index contributed by atoms with van der Waals surface area (Å²) in [4.78, 5) is 12.5. The molecular formula is C16H14BrNO2S. The zero-order chi connectivity index (χ0) is 15.0. The average Bonchev–Trinajstić information content (AvgIpc) is 2.73. The van der Waals surface area contributed by atoms with Crippen LogP contribution >= 0.6 is 27.7 Å². The van der Waals surface area contributed by atoms with Crippen molar-refractivity contribution in [2.75, 3.05) is 5.32 Å². The van der Waals surface area contributed by atoms with Gasteiger partial charge in [-0.2, -0.15) is 0 Å². The Hall–Kier alpha value is -1.30. The van der Waals surface area contributed by atoms with Gasteiger partial charge in [-0.25, -0.2) is 0 Å². The van der Waals surface area contributed by atoms with Gasteiger partial charge in [0, 0.05) is 26.4 Å². The first-order valence-electron chi connectivity index (χ1n) is 6.56. The number of halogens is 1. The van der Waals surface area contributed by atoms with Gasteiger partial charge in [0.25, 0.3) is 5.91 Å². The summed E-state index contributed by atoms with van der Waals surface area (Å²) in [5.41, 5.74) is 3.89. The molecule has 0 fully saturated rings. The number of amides is 1. The van der Waals surface area contributed by atoms with E-state index in [4.69, 9.17) is 0 Å². The predicted octanol–water partition coefficient (Wildman–Crippen LogP) is 4.04. The molecule has 2 N–H and O–H groups in total. The van der Waals surface area contributed by atoms with Crippen LogP contribution in [0.3, 0.4) is 0 Å². The van der Waals surface area contributed by atoms with Crippen molar-refractivity contribution in [3.8, 4) is 0 Å². The molecule has 0 saturated heterocycles. The molecule has 0 spiro atoms. The van der Waals surface area contributed by atoms with E-state index in [0.29, 0.717) is 11.3 Å². The van der Waals surface area contributed by atoms with E-state index in [-0.39, 0.29) is 5.91 Å². The van der Waals surface area contributed by atoms with E-state index in [0.717, 1.165) is 15.1 Å². The lowest BCUT2D eigenvalue weighted by molar-refractivity contribution is -0.123. The molecule has 1 unspecified atom stereocenters. The maximum Gasteiger partial charge on any atom is 0.257 e. The van der Waals surface area contributed by atoms with Gasteiger partial charge in [-0.3, -0.25) is 4.79 Å². The van der Waals surface area contributed by atoms with Crippen LogP contribution < -0.4 is 5.32 Å². The number of fused-ring (bicyclic) bond motifs is 1. The Morgan fingerprint density at radius 2 is 2.10 bits per heavy atom. The number of thioether (sulfide) groups is 1. The molecule has 0 saturated carbocycles. The molecule has 21 heavy (non-hydrogen) atoms. The van der Waals surface area contributed by atoms with Gasteiger partial charge in [-0.1, -0.05) is 24.3 Å². The van der Waals surface area contributed by atoms with Crippen molar-refractivity contribution < 1.29 is 9.90 Å². The number of nitrogens with one attached hydrogen (secondary N) is 1. The Morgan fingerprint density at radius 1 is 1.33 bits per heavy atom. The molecule has 0 aliphatic carbocycles. The van der Waals surface area contributed by atoms with Gasteiger partial charge in [-0.05, 0) is 46.1 Å². The zero-order valence-electron chi connectivity index (χ0n) is 11.4. The highest BCUT2D eigenvalue weighted by Crippen LogP contribution is 2.39. The van der Waals surface area contributed by atoms with Crippen molar-refractivity contribution in [2.45, 2.75) is 23.7 Å². The number of carbonyl (C=O) groups excluding carboxylic acids is 1. The van der Waals surface area contributed by atoms with Gasteiger partial charge in [0.1, 0.15) is 0 Å². The molecule has 1 aliphatic heterocycles. The Morgan fingerprint density at radius 3 is 2.86 bits per heavy atom. The fraction of sp³-hybridized carbons (Fsp3) is 0.188. The lowest BCUT2D eigenvalue weighted by atomic mass is 10.1. The van der Waals surface area contributed by atoms with E-state index in [9.17, 15) is 9.90 Å². The number of aliphatic hydroxyl groups is 1. The van der Waals surface area contributed by atoms with Crippen LogP contribution in [0.25, 0.3) is 0 Å². The maximum atomic E-state index is 11.5. The van der Waals surface area contributed by atoms with E-state index in [1.165, 1.54) is 11.1 Å². The van der Waals surface area contributed by atoms with Crippen LogP contribution in [-0.2, 0) is 10.5 Å². The topological polar surface area (TPSA) is 49.3 Å². The second-order valence-electron chi connectivity index (χ2n) is 4.98. The van der Waals surface area contributed by atoms with Crippen molar-refractivity contribution >= 4 is 39.3 Å². The Labute approximate surface area is 135 Å². The molecule has 5 heteroatoms. The van der Waals surface area contributed by atoms with Crippen molar-refractivity contribution in [3.63, 3.8) is 0 Å². The molecular weight excluding hydrogens is 350 g/mol. The molecule has 0 bridgehead atoms. The van der Waals surface area contributed by atoms with Gasteiger partial charge in [0.2, 0.25) is 0 Å². The van der Waals surface area contributed by atoms with Crippen molar-refractivity contribution in [2.24, 2.45) is 0 Å². The number of carbonyl (C=O) groups is 1. The Balaban J connectivity index is 1.83. The van der Waals surface area contributed by atoms with Crippen molar-refractivity contribution in [3.05, 3.63) is 57.6 Å². The minimum absolute atomic E-state index is 0.363. The molecule has 3 rings (SSSR count). The standard InChI is InChI=1S/C16H14BrNO2S/c1-9-4-2-3-5-10(9)8-21-14-7-13-11(6-12(14)17)15(19)16(20)18-13/h2-7,15,19H,8H2,1H3,(H,18,20). The summed E-state index contributed by atoms with van der Waals surface area (Å²) in [5, 5.41) is 12.5. The summed E-state index contributed by atoms with van der Waals surface area (Å²) in [5.74, 6) is 0.499. The van der Waals surface area contributed by atoms with Gasteiger partial charge in [-0.15, -0.1) is 11.8 Å². The largest absolute Gasteiger partial charge is 0.378 e. The summed E-state index contributed by atoms with van der Waals surface area (Å²) in [7, 11) is 0. The first-order valence-corrected chi connectivity index (χ1v) is 8.34. The highest BCUT2D eigenvalue weighted by molar-refractivity contribution is 9.10. The number of aryl methyl sites for hydroxylation is 1. The van der Waals surface area contributed by atoms with Crippen LogP contribution in [0.5, 0.6) is 0 Å². The highest BCUT2D eigenvalue weighted by Gasteiger charge is 2.29. The second-order valence-corrected chi connectivity index (χ2v) is 6.85. The Bertz CT molecular complexity index is 717.